The quantitative estimate of drug-likeness (QED) is 0.252. The fourth-order valence-corrected chi connectivity index (χ4v) is 3.48. The molecule has 0 aliphatic carbocycles. The van der Waals surface area contributed by atoms with Crippen LogP contribution < -0.4 is 10.2 Å². The molecule has 1 aromatic heterocycles. The number of benzene rings is 2. The monoisotopic (exact) mass is 448 g/mol. The normalized spacial score (nSPS) is 28.0. The summed E-state index contributed by atoms with van der Waals surface area (Å²) in [6, 6.07) is 7.86. The van der Waals surface area contributed by atoms with Crippen molar-refractivity contribution in [1.29, 1.82) is 0 Å². The summed E-state index contributed by atoms with van der Waals surface area (Å²) < 4.78 is 15.7. The number of aliphatic hydroxyl groups excluding tert-OH is 4. The number of fused-ring (bicyclic) bond motifs is 1. The summed E-state index contributed by atoms with van der Waals surface area (Å²) in [4.78, 5) is 12.9. The van der Waals surface area contributed by atoms with Gasteiger partial charge in [0, 0.05) is 12.1 Å². The molecule has 1 fully saturated rings. The van der Waals surface area contributed by atoms with Gasteiger partial charge in [-0.3, -0.25) is 4.79 Å². The van der Waals surface area contributed by atoms with Crippen molar-refractivity contribution in [3.8, 4) is 28.4 Å². The molecule has 1 saturated heterocycles. The largest absolute Gasteiger partial charge is 0.508 e. The van der Waals surface area contributed by atoms with Crippen LogP contribution in [0.5, 0.6) is 17.2 Å². The molecule has 5 atom stereocenters. The molecule has 0 saturated carbocycles. The molecule has 0 amide bonds. The molecule has 2 aromatic carbocycles. The SMILES string of the molecule is O=c1c(-c2ccc(O)cc2)coc2cc(O[C@@]3(O)O[C@H](CO)[C@@H](O)[C@H](O)[C@H]3O)cc(O)c12. The van der Waals surface area contributed by atoms with E-state index in [4.69, 9.17) is 13.9 Å². The number of hydrogen-bond acceptors (Lipinski definition) is 11. The van der Waals surface area contributed by atoms with E-state index in [1.165, 1.54) is 24.3 Å². The van der Waals surface area contributed by atoms with Crippen LogP contribution in [0.25, 0.3) is 22.1 Å². The van der Waals surface area contributed by atoms with Gasteiger partial charge >= 0.3 is 5.97 Å². The maximum absolute atomic E-state index is 12.9. The highest BCUT2D eigenvalue weighted by atomic mass is 16.8. The van der Waals surface area contributed by atoms with Crippen LogP contribution in [0.15, 0.2) is 51.9 Å². The van der Waals surface area contributed by atoms with Crippen molar-refractivity contribution in [2.24, 2.45) is 0 Å². The minimum absolute atomic E-state index is 0.00897. The maximum atomic E-state index is 12.9. The van der Waals surface area contributed by atoms with Gasteiger partial charge in [-0.2, -0.15) is 0 Å². The van der Waals surface area contributed by atoms with Crippen molar-refractivity contribution < 1.29 is 49.6 Å². The van der Waals surface area contributed by atoms with Crippen molar-refractivity contribution in [2.75, 3.05) is 6.61 Å². The molecule has 0 radical (unpaired) electrons. The topological polar surface area (TPSA) is 190 Å². The Morgan fingerprint density at radius 2 is 1.72 bits per heavy atom. The van der Waals surface area contributed by atoms with E-state index in [1.807, 2.05) is 0 Å². The fraction of sp³-hybridized carbons (Fsp3) is 0.286. The minimum Gasteiger partial charge on any atom is -0.508 e. The first-order valence-electron chi connectivity index (χ1n) is 9.47. The maximum Gasteiger partial charge on any atom is 0.355 e. The lowest BCUT2D eigenvalue weighted by Gasteiger charge is -2.44. The van der Waals surface area contributed by atoms with Gasteiger partial charge in [0.2, 0.25) is 5.43 Å². The zero-order valence-corrected chi connectivity index (χ0v) is 16.3. The van der Waals surface area contributed by atoms with Gasteiger partial charge < -0.3 is 49.6 Å². The predicted molar refractivity (Wildman–Crippen MR) is 107 cm³/mol. The van der Waals surface area contributed by atoms with Gasteiger partial charge in [0.05, 0.1) is 12.2 Å². The molecule has 7 N–H and O–H groups in total. The van der Waals surface area contributed by atoms with Crippen LogP contribution in [-0.2, 0) is 4.74 Å². The molecular formula is C21H20O11. The average molecular weight is 448 g/mol. The van der Waals surface area contributed by atoms with Crippen LogP contribution in [0.2, 0.25) is 0 Å². The third kappa shape index (κ3) is 3.66. The Hall–Kier alpha value is -3.19. The van der Waals surface area contributed by atoms with Crippen molar-refractivity contribution in [2.45, 2.75) is 30.4 Å². The number of rotatable bonds is 4. The van der Waals surface area contributed by atoms with Crippen LogP contribution in [0.1, 0.15) is 0 Å². The summed E-state index contributed by atoms with van der Waals surface area (Å²) in [7, 11) is 0. The number of aliphatic hydroxyl groups is 5. The van der Waals surface area contributed by atoms with Crippen molar-refractivity contribution in [3.63, 3.8) is 0 Å². The first-order valence-corrected chi connectivity index (χ1v) is 9.47. The highest BCUT2D eigenvalue weighted by Gasteiger charge is 2.55. The number of aromatic hydroxyl groups is 2. The van der Waals surface area contributed by atoms with Gasteiger partial charge in [-0.25, -0.2) is 0 Å². The van der Waals surface area contributed by atoms with E-state index < -0.39 is 48.2 Å². The second-order valence-electron chi connectivity index (χ2n) is 7.34. The van der Waals surface area contributed by atoms with Crippen molar-refractivity contribution in [1.82, 2.24) is 0 Å². The van der Waals surface area contributed by atoms with Crippen LogP contribution in [-0.4, -0.2) is 72.7 Å². The van der Waals surface area contributed by atoms with Crippen molar-refractivity contribution in [3.05, 3.63) is 52.9 Å². The molecule has 4 rings (SSSR count). The molecule has 32 heavy (non-hydrogen) atoms. The van der Waals surface area contributed by atoms with Gasteiger partial charge in [0.25, 0.3) is 0 Å². The summed E-state index contributed by atoms with van der Waals surface area (Å²) in [5.41, 5.74) is -0.143. The Balaban J connectivity index is 1.72. The summed E-state index contributed by atoms with van der Waals surface area (Å²) in [5.74, 6) is -3.76. The Kier molecular flexibility index (Phi) is 5.54. The Bertz CT molecular complexity index is 1190. The van der Waals surface area contributed by atoms with E-state index in [2.05, 4.69) is 0 Å². The van der Waals surface area contributed by atoms with Gasteiger partial charge in [-0.05, 0) is 17.7 Å². The molecule has 11 nitrogen and oxygen atoms in total. The summed E-state index contributed by atoms with van der Waals surface area (Å²) in [6.07, 6.45) is -6.07. The molecule has 1 aliphatic rings. The Morgan fingerprint density at radius 1 is 1.03 bits per heavy atom. The predicted octanol–water partition coefficient (Wildman–Crippen LogP) is -0.630. The highest BCUT2D eigenvalue weighted by Crippen LogP contribution is 2.35. The molecule has 11 heteroatoms. The Morgan fingerprint density at radius 3 is 2.38 bits per heavy atom. The van der Waals surface area contributed by atoms with Gasteiger partial charge in [-0.15, -0.1) is 0 Å². The molecule has 1 aliphatic heterocycles. The standard InChI is InChI=1S/C21H20O11/c22-7-15-18(26)19(27)20(28)21(29,32-15)31-11-5-13(24)16-14(6-11)30-8-12(17(16)25)9-1-3-10(23)4-2-9/h1-6,8,15,18-20,22-24,26-29H,7H2/t15-,18-,19+,20-,21-/m1/s1. The van der Waals surface area contributed by atoms with E-state index in [1.54, 1.807) is 0 Å². The first-order chi connectivity index (χ1) is 15.1. The lowest BCUT2D eigenvalue weighted by atomic mass is 9.98. The van der Waals surface area contributed by atoms with Crippen molar-refractivity contribution >= 4 is 11.0 Å². The van der Waals surface area contributed by atoms with Crippen LogP contribution in [0.4, 0.5) is 0 Å². The van der Waals surface area contributed by atoms with Crippen LogP contribution >= 0.6 is 0 Å². The van der Waals surface area contributed by atoms with E-state index in [9.17, 15) is 40.5 Å². The number of phenols is 2. The smallest absolute Gasteiger partial charge is 0.355 e. The first kappa shape index (κ1) is 22.0. The lowest BCUT2D eigenvalue weighted by molar-refractivity contribution is -0.422. The zero-order valence-electron chi connectivity index (χ0n) is 16.3. The number of ether oxygens (including phenoxy) is 2. The van der Waals surface area contributed by atoms with E-state index in [-0.39, 0.29) is 28.0 Å². The van der Waals surface area contributed by atoms with Crippen LogP contribution in [0.3, 0.4) is 0 Å². The Labute approximate surface area is 179 Å². The molecule has 170 valence electrons. The fourth-order valence-electron chi connectivity index (χ4n) is 3.48. The molecule has 0 bridgehead atoms. The average Bonchev–Trinajstić information content (AvgIpc) is 2.76. The van der Waals surface area contributed by atoms with E-state index >= 15 is 0 Å². The second kappa shape index (κ2) is 8.06. The molecule has 0 spiro atoms. The van der Waals surface area contributed by atoms with E-state index in [0.717, 1.165) is 18.4 Å². The summed E-state index contributed by atoms with van der Waals surface area (Å²) >= 11 is 0. The summed E-state index contributed by atoms with van der Waals surface area (Å²) in [6.45, 7) is -0.797. The molecular weight excluding hydrogens is 428 g/mol. The lowest BCUT2D eigenvalue weighted by Crippen LogP contribution is -2.67. The summed E-state index contributed by atoms with van der Waals surface area (Å²) in [5, 5.41) is 69.3. The zero-order chi connectivity index (χ0) is 23.2. The van der Waals surface area contributed by atoms with Crippen LogP contribution in [0, 0.1) is 0 Å². The highest BCUT2D eigenvalue weighted by molar-refractivity contribution is 5.88. The number of phenolic OH excluding ortho intramolecular Hbond substituents is 2. The number of hydrogen-bond donors (Lipinski definition) is 7. The third-order valence-corrected chi connectivity index (χ3v) is 5.20. The van der Waals surface area contributed by atoms with E-state index in [0.29, 0.717) is 5.56 Å². The van der Waals surface area contributed by atoms with Gasteiger partial charge in [0.1, 0.15) is 52.8 Å². The van der Waals surface area contributed by atoms with Gasteiger partial charge in [-0.1, -0.05) is 12.1 Å². The van der Waals surface area contributed by atoms with Gasteiger partial charge in [0.15, 0.2) is 6.10 Å². The second-order valence-corrected chi connectivity index (χ2v) is 7.34. The molecule has 2 heterocycles. The third-order valence-electron chi connectivity index (χ3n) is 5.20. The minimum atomic E-state index is -2.89. The molecule has 0 unspecified atom stereocenters. The molecule has 3 aromatic rings.